The van der Waals surface area contributed by atoms with Crippen molar-refractivity contribution in [2.45, 2.75) is 57.5 Å². The summed E-state index contributed by atoms with van der Waals surface area (Å²) >= 11 is 0. The maximum Gasteiger partial charge on any atom is 0.265 e. The molecule has 158 valence electrons. The Balaban J connectivity index is 1.97. The van der Waals surface area contributed by atoms with E-state index in [0.717, 1.165) is 0 Å². The Morgan fingerprint density at radius 1 is 1.03 bits per heavy atom. The zero-order valence-corrected chi connectivity index (χ0v) is 18.5. The first-order chi connectivity index (χ1) is 13.5. The average Bonchev–Trinajstić information content (AvgIpc) is 2.66. The monoisotopic (exact) mass is 418 g/mol. The van der Waals surface area contributed by atoms with Crippen LogP contribution in [0.5, 0.6) is 5.75 Å². The summed E-state index contributed by atoms with van der Waals surface area (Å²) < 4.78 is 32.4. The highest BCUT2D eigenvalue weighted by Gasteiger charge is 2.18. The molecule has 29 heavy (non-hydrogen) atoms. The highest BCUT2D eigenvalue weighted by atomic mass is 32.2. The number of benzene rings is 2. The van der Waals surface area contributed by atoms with Crippen LogP contribution in [0.2, 0.25) is 0 Å². The third-order valence-electron chi connectivity index (χ3n) is 4.38. The molecule has 1 amide bonds. The number of hydrogen-bond acceptors (Lipinski definition) is 4. The van der Waals surface area contributed by atoms with Crippen molar-refractivity contribution in [2.24, 2.45) is 0 Å². The number of ether oxygens (including phenoxy) is 1. The first kappa shape index (κ1) is 22.9. The number of carbonyl (C=O) groups is 1. The lowest BCUT2D eigenvalue weighted by Gasteiger charge is -2.20. The molecule has 6 nitrogen and oxygen atoms in total. The molecule has 0 bridgehead atoms. The van der Waals surface area contributed by atoms with Gasteiger partial charge in [0.2, 0.25) is 10.0 Å². The van der Waals surface area contributed by atoms with E-state index in [1.807, 2.05) is 31.2 Å². The van der Waals surface area contributed by atoms with Crippen molar-refractivity contribution in [3.63, 3.8) is 0 Å². The van der Waals surface area contributed by atoms with E-state index in [0.29, 0.717) is 24.4 Å². The number of amides is 1. The standard InChI is InChI=1S/C22H30N2O4S/c1-6-15-23-29(26,27)20-13-9-18(10-14-20)24-21(25)16(2)28-19-11-7-17(8-12-19)22(3,4)5/h7-14,16,23H,6,15H2,1-5H3,(H,24,25). The van der Waals surface area contributed by atoms with Gasteiger partial charge in [-0.05, 0) is 60.7 Å². The SMILES string of the molecule is CCCNS(=O)(=O)c1ccc(NC(=O)C(C)Oc2ccc(C(C)(C)C)cc2)cc1. The van der Waals surface area contributed by atoms with Crippen LogP contribution in [0.15, 0.2) is 53.4 Å². The first-order valence-electron chi connectivity index (χ1n) is 9.70. The van der Waals surface area contributed by atoms with E-state index >= 15 is 0 Å². The third kappa shape index (κ3) is 6.58. The van der Waals surface area contributed by atoms with Crippen LogP contribution < -0.4 is 14.8 Å². The molecular weight excluding hydrogens is 388 g/mol. The molecule has 0 aliphatic rings. The minimum Gasteiger partial charge on any atom is -0.481 e. The van der Waals surface area contributed by atoms with Crippen LogP contribution in [0.25, 0.3) is 0 Å². The van der Waals surface area contributed by atoms with Gasteiger partial charge in [-0.2, -0.15) is 0 Å². The van der Waals surface area contributed by atoms with E-state index in [2.05, 4.69) is 30.8 Å². The summed E-state index contributed by atoms with van der Waals surface area (Å²) in [5.74, 6) is 0.300. The lowest BCUT2D eigenvalue weighted by Crippen LogP contribution is -2.30. The Hall–Kier alpha value is -2.38. The van der Waals surface area contributed by atoms with Gasteiger partial charge in [0.15, 0.2) is 6.10 Å². The van der Waals surface area contributed by atoms with Crippen LogP contribution in [0.3, 0.4) is 0 Å². The molecule has 0 heterocycles. The van der Waals surface area contributed by atoms with Crippen molar-refractivity contribution in [2.75, 3.05) is 11.9 Å². The van der Waals surface area contributed by atoms with Crippen LogP contribution in [-0.4, -0.2) is 27.0 Å². The van der Waals surface area contributed by atoms with Gasteiger partial charge < -0.3 is 10.1 Å². The lowest BCUT2D eigenvalue weighted by molar-refractivity contribution is -0.122. The van der Waals surface area contributed by atoms with Crippen molar-refractivity contribution in [1.82, 2.24) is 4.72 Å². The second kappa shape index (κ2) is 9.41. The van der Waals surface area contributed by atoms with Crippen LogP contribution in [0, 0.1) is 0 Å². The molecule has 2 aromatic carbocycles. The highest BCUT2D eigenvalue weighted by molar-refractivity contribution is 7.89. The van der Waals surface area contributed by atoms with E-state index in [9.17, 15) is 13.2 Å². The van der Waals surface area contributed by atoms with Crippen molar-refractivity contribution >= 4 is 21.6 Å². The molecular formula is C22H30N2O4S. The molecule has 1 atom stereocenters. The molecule has 0 saturated carbocycles. The summed E-state index contributed by atoms with van der Waals surface area (Å²) in [6, 6.07) is 13.7. The number of rotatable bonds is 8. The number of carbonyl (C=O) groups excluding carboxylic acids is 1. The molecule has 0 aliphatic carbocycles. The molecule has 0 aromatic heterocycles. The summed E-state index contributed by atoms with van der Waals surface area (Å²) in [7, 11) is -3.53. The smallest absolute Gasteiger partial charge is 0.265 e. The Labute approximate surface area is 173 Å². The lowest BCUT2D eigenvalue weighted by atomic mass is 9.87. The van der Waals surface area contributed by atoms with Gasteiger partial charge in [0, 0.05) is 12.2 Å². The molecule has 0 saturated heterocycles. The molecule has 0 radical (unpaired) electrons. The number of hydrogen-bond donors (Lipinski definition) is 2. The number of nitrogens with one attached hydrogen (secondary N) is 2. The van der Waals surface area contributed by atoms with Gasteiger partial charge in [-0.15, -0.1) is 0 Å². The fourth-order valence-electron chi connectivity index (χ4n) is 2.57. The van der Waals surface area contributed by atoms with Gasteiger partial charge in [0.05, 0.1) is 4.90 Å². The van der Waals surface area contributed by atoms with Gasteiger partial charge >= 0.3 is 0 Å². The van der Waals surface area contributed by atoms with Gasteiger partial charge in [-0.1, -0.05) is 39.8 Å². The van der Waals surface area contributed by atoms with Crippen molar-refractivity contribution in [3.8, 4) is 5.75 Å². The summed E-state index contributed by atoms with van der Waals surface area (Å²) in [6.45, 7) is 10.3. The van der Waals surface area contributed by atoms with E-state index < -0.39 is 16.1 Å². The maximum absolute atomic E-state index is 12.4. The molecule has 0 aliphatic heterocycles. The normalized spacial score (nSPS) is 13.0. The Kier molecular flexibility index (Phi) is 7.43. The van der Waals surface area contributed by atoms with Crippen LogP contribution in [0.4, 0.5) is 5.69 Å². The maximum atomic E-state index is 12.4. The van der Waals surface area contributed by atoms with E-state index in [1.165, 1.54) is 17.7 Å². The minimum absolute atomic E-state index is 0.0488. The summed E-state index contributed by atoms with van der Waals surface area (Å²) in [6.07, 6.45) is 0.00890. The second-order valence-electron chi connectivity index (χ2n) is 7.95. The Morgan fingerprint density at radius 2 is 1.62 bits per heavy atom. The van der Waals surface area contributed by atoms with E-state index in [-0.39, 0.29) is 16.2 Å². The van der Waals surface area contributed by atoms with Crippen molar-refractivity contribution in [1.29, 1.82) is 0 Å². The fraction of sp³-hybridized carbons (Fsp3) is 0.409. The zero-order valence-electron chi connectivity index (χ0n) is 17.7. The van der Waals surface area contributed by atoms with Gasteiger partial charge in [0.25, 0.3) is 5.91 Å². The van der Waals surface area contributed by atoms with Crippen LogP contribution in [0.1, 0.15) is 46.6 Å². The van der Waals surface area contributed by atoms with Crippen molar-refractivity contribution in [3.05, 3.63) is 54.1 Å². The summed E-state index contributed by atoms with van der Waals surface area (Å²) in [5.41, 5.74) is 1.74. The Morgan fingerprint density at radius 3 is 2.14 bits per heavy atom. The molecule has 2 rings (SSSR count). The summed E-state index contributed by atoms with van der Waals surface area (Å²) in [4.78, 5) is 12.6. The molecule has 0 fully saturated rings. The molecule has 0 spiro atoms. The van der Waals surface area contributed by atoms with Crippen molar-refractivity contribution < 1.29 is 17.9 Å². The largest absolute Gasteiger partial charge is 0.481 e. The second-order valence-corrected chi connectivity index (χ2v) is 9.71. The highest BCUT2D eigenvalue weighted by Crippen LogP contribution is 2.24. The third-order valence-corrected chi connectivity index (χ3v) is 5.85. The predicted octanol–water partition coefficient (Wildman–Crippen LogP) is 4.08. The predicted molar refractivity (Wildman–Crippen MR) is 116 cm³/mol. The van der Waals surface area contributed by atoms with Gasteiger partial charge in [-0.25, -0.2) is 13.1 Å². The zero-order chi connectivity index (χ0) is 21.7. The van der Waals surface area contributed by atoms with Gasteiger partial charge in [0.1, 0.15) is 5.75 Å². The quantitative estimate of drug-likeness (QED) is 0.677. The first-order valence-corrected chi connectivity index (χ1v) is 11.2. The fourth-order valence-corrected chi connectivity index (χ4v) is 3.71. The van der Waals surface area contributed by atoms with Gasteiger partial charge in [-0.3, -0.25) is 4.79 Å². The van der Waals surface area contributed by atoms with Crippen LogP contribution in [-0.2, 0) is 20.2 Å². The minimum atomic E-state index is -3.53. The molecule has 1 unspecified atom stereocenters. The average molecular weight is 419 g/mol. The molecule has 2 aromatic rings. The summed E-state index contributed by atoms with van der Waals surface area (Å²) in [5, 5.41) is 2.74. The van der Waals surface area contributed by atoms with E-state index in [4.69, 9.17) is 4.74 Å². The Bertz CT molecular complexity index is 915. The molecule has 2 N–H and O–H groups in total. The van der Waals surface area contributed by atoms with Crippen LogP contribution >= 0.6 is 0 Å². The number of anilines is 1. The molecule has 7 heteroatoms. The number of sulfonamides is 1. The van der Waals surface area contributed by atoms with E-state index in [1.54, 1.807) is 19.1 Å². The topological polar surface area (TPSA) is 84.5 Å².